The Bertz CT molecular complexity index is 473. The molecule has 0 fully saturated rings. The third-order valence-corrected chi connectivity index (χ3v) is 1.98. The third kappa shape index (κ3) is 2.38. The molecule has 0 unspecified atom stereocenters. The number of anilines is 3. The number of nitrogen functional groups attached to an aromatic ring is 1. The molecule has 1 aromatic carbocycles. The second-order valence-corrected chi connectivity index (χ2v) is 3.14. The molecule has 82 valence electrons. The average Bonchev–Trinajstić information content (AvgIpc) is 2.29. The molecule has 5 nitrogen and oxygen atoms in total. The van der Waals surface area contributed by atoms with Gasteiger partial charge in [-0.25, -0.2) is 0 Å². The first-order chi connectivity index (χ1) is 7.78. The summed E-state index contributed by atoms with van der Waals surface area (Å²) in [6, 6.07) is 11.4. The van der Waals surface area contributed by atoms with Gasteiger partial charge in [0.1, 0.15) is 5.82 Å². The Labute approximate surface area is 93.3 Å². The van der Waals surface area contributed by atoms with E-state index in [-0.39, 0.29) is 5.95 Å². The summed E-state index contributed by atoms with van der Waals surface area (Å²) in [4.78, 5) is 7.95. The van der Waals surface area contributed by atoms with Crippen LogP contribution in [0.1, 0.15) is 0 Å². The van der Waals surface area contributed by atoms with E-state index >= 15 is 0 Å². The molecule has 0 atom stereocenters. The Morgan fingerprint density at radius 3 is 2.62 bits per heavy atom. The Morgan fingerprint density at radius 2 is 1.94 bits per heavy atom. The lowest BCUT2D eigenvalue weighted by Gasteiger charge is -2.07. The molecule has 0 aliphatic rings. The van der Waals surface area contributed by atoms with Gasteiger partial charge in [0.2, 0.25) is 11.8 Å². The van der Waals surface area contributed by atoms with Crippen LogP contribution in [0.3, 0.4) is 0 Å². The summed E-state index contributed by atoms with van der Waals surface area (Å²) in [5.41, 5.74) is 6.48. The number of rotatable bonds is 3. The van der Waals surface area contributed by atoms with Gasteiger partial charge in [0, 0.05) is 11.8 Å². The van der Waals surface area contributed by atoms with E-state index in [1.165, 1.54) is 7.11 Å². The van der Waals surface area contributed by atoms with Crippen molar-refractivity contribution in [3.8, 4) is 5.88 Å². The molecule has 2 rings (SSSR count). The minimum atomic E-state index is 0.179. The number of aromatic nitrogens is 2. The van der Waals surface area contributed by atoms with Gasteiger partial charge < -0.3 is 15.8 Å². The first-order valence-corrected chi connectivity index (χ1v) is 4.78. The van der Waals surface area contributed by atoms with Gasteiger partial charge in [-0.15, -0.1) is 0 Å². The monoisotopic (exact) mass is 216 g/mol. The minimum absolute atomic E-state index is 0.179. The van der Waals surface area contributed by atoms with Crippen LogP contribution in [0.4, 0.5) is 17.5 Å². The first kappa shape index (κ1) is 10.2. The summed E-state index contributed by atoms with van der Waals surface area (Å²) in [5.74, 6) is 1.22. The van der Waals surface area contributed by atoms with Crippen LogP contribution in [0, 0.1) is 0 Å². The zero-order valence-electron chi connectivity index (χ0n) is 8.84. The molecular weight excluding hydrogens is 204 g/mol. The molecule has 1 aromatic heterocycles. The largest absolute Gasteiger partial charge is 0.481 e. The zero-order valence-corrected chi connectivity index (χ0v) is 8.84. The normalized spacial score (nSPS) is 9.81. The molecular formula is C11H12N4O. The summed E-state index contributed by atoms with van der Waals surface area (Å²) in [7, 11) is 1.54. The van der Waals surface area contributed by atoms with E-state index in [0.717, 1.165) is 5.69 Å². The van der Waals surface area contributed by atoms with Gasteiger partial charge >= 0.3 is 0 Å². The van der Waals surface area contributed by atoms with Crippen molar-refractivity contribution in [2.45, 2.75) is 0 Å². The molecule has 0 aliphatic heterocycles. The van der Waals surface area contributed by atoms with Crippen LogP contribution in [0.15, 0.2) is 36.4 Å². The van der Waals surface area contributed by atoms with Gasteiger partial charge in [0.05, 0.1) is 7.11 Å². The molecule has 0 amide bonds. The van der Waals surface area contributed by atoms with E-state index in [1.54, 1.807) is 6.07 Å². The predicted octanol–water partition coefficient (Wildman–Crippen LogP) is 1.81. The molecule has 1 heterocycles. The van der Waals surface area contributed by atoms with Crippen molar-refractivity contribution < 1.29 is 4.74 Å². The number of benzene rings is 1. The zero-order chi connectivity index (χ0) is 11.4. The number of hydrogen-bond acceptors (Lipinski definition) is 5. The van der Waals surface area contributed by atoms with Crippen LogP contribution in [-0.4, -0.2) is 17.1 Å². The van der Waals surface area contributed by atoms with Gasteiger partial charge in [0.25, 0.3) is 0 Å². The van der Waals surface area contributed by atoms with Crippen molar-refractivity contribution in [1.82, 2.24) is 9.97 Å². The molecule has 2 aromatic rings. The molecule has 0 bridgehead atoms. The highest BCUT2D eigenvalue weighted by Gasteiger charge is 2.02. The van der Waals surface area contributed by atoms with Crippen LogP contribution < -0.4 is 15.8 Å². The molecule has 3 N–H and O–H groups in total. The fourth-order valence-electron chi connectivity index (χ4n) is 1.28. The SMILES string of the molecule is COc1cc(Nc2ccccc2)nc(N)n1. The lowest BCUT2D eigenvalue weighted by molar-refractivity contribution is 0.398. The van der Waals surface area contributed by atoms with Gasteiger partial charge in [-0.1, -0.05) is 18.2 Å². The lowest BCUT2D eigenvalue weighted by Crippen LogP contribution is -2.01. The van der Waals surface area contributed by atoms with Crippen LogP contribution in [0.5, 0.6) is 5.88 Å². The average molecular weight is 216 g/mol. The predicted molar refractivity (Wildman–Crippen MR) is 62.7 cm³/mol. The first-order valence-electron chi connectivity index (χ1n) is 4.78. The van der Waals surface area contributed by atoms with Crippen molar-refractivity contribution in [1.29, 1.82) is 0 Å². The van der Waals surface area contributed by atoms with E-state index in [9.17, 15) is 0 Å². The molecule has 0 aliphatic carbocycles. The van der Waals surface area contributed by atoms with Gasteiger partial charge in [0.15, 0.2) is 0 Å². The number of ether oxygens (including phenoxy) is 1. The van der Waals surface area contributed by atoms with Crippen LogP contribution >= 0.6 is 0 Å². The highest BCUT2D eigenvalue weighted by molar-refractivity contribution is 5.57. The third-order valence-electron chi connectivity index (χ3n) is 1.98. The molecule has 0 spiro atoms. The summed E-state index contributed by atoms with van der Waals surface area (Å²) in [6.07, 6.45) is 0. The van der Waals surface area contributed by atoms with Crippen molar-refractivity contribution in [3.05, 3.63) is 36.4 Å². The fourth-order valence-corrected chi connectivity index (χ4v) is 1.28. The van der Waals surface area contributed by atoms with E-state index in [4.69, 9.17) is 10.5 Å². The Morgan fingerprint density at radius 1 is 1.19 bits per heavy atom. The van der Waals surface area contributed by atoms with E-state index in [1.807, 2.05) is 30.3 Å². The van der Waals surface area contributed by atoms with Gasteiger partial charge in [-0.05, 0) is 12.1 Å². The van der Waals surface area contributed by atoms with E-state index in [2.05, 4.69) is 15.3 Å². The molecule has 16 heavy (non-hydrogen) atoms. The van der Waals surface area contributed by atoms with Crippen molar-refractivity contribution >= 4 is 17.5 Å². The fraction of sp³-hybridized carbons (Fsp3) is 0.0909. The highest BCUT2D eigenvalue weighted by Crippen LogP contribution is 2.18. The van der Waals surface area contributed by atoms with Crippen molar-refractivity contribution in [2.75, 3.05) is 18.2 Å². The number of methoxy groups -OCH3 is 1. The number of para-hydroxylation sites is 1. The van der Waals surface area contributed by atoms with Crippen LogP contribution in [-0.2, 0) is 0 Å². The van der Waals surface area contributed by atoms with E-state index < -0.39 is 0 Å². The molecule has 0 saturated carbocycles. The number of nitrogens with zero attached hydrogens (tertiary/aromatic N) is 2. The maximum atomic E-state index is 5.55. The van der Waals surface area contributed by atoms with Crippen molar-refractivity contribution in [3.63, 3.8) is 0 Å². The van der Waals surface area contributed by atoms with E-state index in [0.29, 0.717) is 11.7 Å². The van der Waals surface area contributed by atoms with Gasteiger partial charge in [-0.3, -0.25) is 0 Å². The topological polar surface area (TPSA) is 73.1 Å². The maximum Gasteiger partial charge on any atom is 0.225 e. The molecule has 0 saturated heterocycles. The Hall–Kier alpha value is -2.30. The summed E-state index contributed by atoms with van der Waals surface area (Å²) >= 11 is 0. The summed E-state index contributed by atoms with van der Waals surface area (Å²) in [6.45, 7) is 0. The van der Waals surface area contributed by atoms with Crippen LogP contribution in [0.25, 0.3) is 0 Å². The second kappa shape index (κ2) is 4.48. The minimum Gasteiger partial charge on any atom is -0.481 e. The smallest absolute Gasteiger partial charge is 0.225 e. The number of nitrogens with two attached hydrogens (primary N) is 1. The summed E-state index contributed by atoms with van der Waals surface area (Å²) < 4.78 is 5.00. The second-order valence-electron chi connectivity index (χ2n) is 3.14. The number of nitrogens with one attached hydrogen (secondary N) is 1. The number of hydrogen-bond donors (Lipinski definition) is 2. The summed E-state index contributed by atoms with van der Waals surface area (Å²) in [5, 5.41) is 3.11. The maximum absolute atomic E-state index is 5.55. The Kier molecular flexibility index (Phi) is 2.86. The Balaban J connectivity index is 2.24. The van der Waals surface area contributed by atoms with Gasteiger partial charge in [-0.2, -0.15) is 9.97 Å². The van der Waals surface area contributed by atoms with Crippen LogP contribution in [0.2, 0.25) is 0 Å². The highest BCUT2D eigenvalue weighted by atomic mass is 16.5. The quantitative estimate of drug-likeness (QED) is 0.818. The lowest BCUT2D eigenvalue weighted by atomic mass is 10.3. The molecule has 0 radical (unpaired) electrons. The molecule has 5 heteroatoms. The standard InChI is InChI=1S/C11H12N4O/c1-16-10-7-9(14-11(12)15-10)13-8-5-3-2-4-6-8/h2-7H,1H3,(H3,12,13,14,15). The van der Waals surface area contributed by atoms with Crippen molar-refractivity contribution in [2.24, 2.45) is 0 Å².